The first kappa shape index (κ1) is 41.5. The van der Waals surface area contributed by atoms with Crippen LogP contribution < -0.4 is 9.34 Å². The highest BCUT2D eigenvalue weighted by Gasteiger charge is 2.26. The zero-order chi connectivity index (χ0) is 43.5. The van der Waals surface area contributed by atoms with Gasteiger partial charge in [0.15, 0.2) is 0 Å². The number of rotatable bonds is 10. The van der Waals surface area contributed by atoms with Crippen LogP contribution in [0.1, 0.15) is 66.5 Å². The van der Waals surface area contributed by atoms with Gasteiger partial charge in [-0.15, -0.1) is 0 Å². The van der Waals surface area contributed by atoms with Crippen molar-refractivity contribution in [2.45, 2.75) is 92.8 Å². The van der Waals surface area contributed by atoms with Crippen LogP contribution in [0.5, 0.6) is 0 Å². The molecule has 0 N–H and O–H groups in total. The minimum Gasteiger partial charge on any atom is -0.408 e. The quantitative estimate of drug-likeness (QED) is 0.136. The van der Waals surface area contributed by atoms with Crippen LogP contribution in [-0.4, -0.2) is 24.2 Å². The zero-order valence-corrected chi connectivity index (χ0v) is 39.0. The molecule has 9 heteroatoms. The maximum Gasteiger partial charge on any atom is 0.310 e. The summed E-state index contributed by atoms with van der Waals surface area (Å²) in [5.41, 5.74) is 5.19. The van der Waals surface area contributed by atoms with Gasteiger partial charge >= 0.3 is 16.3 Å². The molecule has 2 aromatic heterocycles. The molecule has 0 saturated heterocycles. The summed E-state index contributed by atoms with van der Waals surface area (Å²) in [5, 5.41) is 13.2. The van der Waals surface area contributed by atoms with E-state index in [1.807, 2.05) is 0 Å². The van der Waals surface area contributed by atoms with E-state index in [9.17, 15) is 0 Å². The molecular formula is C54H54N2O5P2. The predicted molar refractivity (Wildman–Crippen MR) is 268 cm³/mol. The first-order chi connectivity index (χ1) is 30.6. The van der Waals surface area contributed by atoms with Crippen molar-refractivity contribution in [1.29, 1.82) is 0 Å². The molecule has 320 valence electrons. The lowest BCUT2D eigenvalue weighted by molar-refractivity contribution is 0.108. The van der Waals surface area contributed by atoms with Gasteiger partial charge in [0.2, 0.25) is 0 Å². The van der Waals surface area contributed by atoms with E-state index in [4.69, 9.17) is 21.5 Å². The van der Waals surface area contributed by atoms with Gasteiger partial charge in [0, 0.05) is 56.8 Å². The van der Waals surface area contributed by atoms with Crippen molar-refractivity contribution >= 4 is 103 Å². The molecule has 2 atom stereocenters. The molecule has 0 aliphatic rings. The van der Waals surface area contributed by atoms with Crippen LogP contribution in [0.15, 0.2) is 150 Å². The number of hydrogen-bond acceptors (Lipinski definition) is 7. The summed E-state index contributed by atoms with van der Waals surface area (Å²) in [6.45, 7) is 18.3. The number of fused-ring (bicyclic) bond motifs is 14. The fourth-order valence-electron chi connectivity index (χ4n) is 9.63. The Hall–Kier alpha value is -5.52. The standard InChI is InChI=1S/C54H54N2O5P2/c1-33(2)55(34(3)4)62-58-47-27-25-37-17-9-13-21-43(37)49(47)51-45-23-15-11-19-39(45)29-41(53(51)60-62)31-57-32-42-30-40-20-12-16-24-46(40)52-50-44-22-14-10-18-38(44)26-28-48(50)59-63(61-54(42)52)56(35(5)6)36(7)8/h9-30,33-36H,31-32H2,1-8H3. The Morgan fingerprint density at radius 3 is 1.10 bits per heavy atom. The van der Waals surface area contributed by atoms with Gasteiger partial charge in [-0.3, -0.25) is 0 Å². The molecule has 0 saturated carbocycles. The molecule has 0 aliphatic heterocycles. The Morgan fingerprint density at radius 2 is 0.730 bits per heavy atom. The Labute approximate surface area is 370 Å². The second-order valence-corrected chi connectivity index (χ2v) is 20.3. The van der Waals surface area contributed by atoms with E-state index >= 15 is 0 Å². The second kappa shape index (κ2) is 16.9. The van der Waals surface area contributed by atoms with Crippen LogP contribution in [0.25, 0.3) is 87.0 Å². The van der Waals surface area contributed by atoms with Crippen molar-refractivity contribution in [3.8, 4) is 0 Å². The number of hydrogen-bond donors (Lipinski definition) is 0. The monoisotopic (exact) mass is 872 g/mol. The molecule has 0 bridgehead atoms. The molecule has 0 spiro atoms. The van der Waals surface area contributed by atoms with Crippen molar-refractivity contribution in [3.05, 3.63) is 145 Å². The minimum atomic E-state index is -1.55. The van der Waals surface area contributed by atoms with Gasteiger partial charge < -0.3 is 21.5 Å². The summed E-state index contributed by atoms with van der Waals surface area (Å²) in [4.78, 5) is 0. The van der Waals surface area contributed by atoms with Crippen LogP contribution in [-0.2, 0) is 18.0 Å². The molecular weight excluding hydrogens is 819 g/mol. The van der Waals surface area contributed by atoms with Crippen molar-refractivity contribution in [3.63, 3.8) is 0 Å². The first-order valence-electron chi connectivity index (χ1n) is 22.2. The topological polar surface area (TPSA) is 68.3 Å². The van der Waals surface area contributed by atoms with Crippen LogP contribution in [0, 0.1) is 0 Å². The van der Waals surface area contributed by atoms with Crippen molar-refractivity contribution < 1.29 is 21.5 Å². The molecule has 8 aromatic carbocycles. The van der Waals surface area contributed by atoms with E-state index < -0.39 is 16.3 Å². The summed E-state index contributed by atoms with van der Waals surface area (Å²) in [5.74, 6) is 0. The lowest BCUT2D eigenvalue weighted by atomic mass is 9.96. The molecule has 0 amide bonds. The van der Waals surface area contributed by atoms with Gasteiger partial charge in [-0.25, -0.2) is 0 Å². The molecule has 7 nitrogen and oxygen atoms in total. The number of benzene rings is 8. The predicted octanol–water partition coefficient (Wildman–Crippen LogP) is 16.7. The highest BCUT2D eigenvalue weighted by molar-refractivity contribution is 7.39. The van der Waals surface area contributed by atoms with Gasteiger partial charge in [0.1, 0.15) is 22.3 Å². The Bertz CT molecular complexity index is 3200. The Morgan fingerprint density at radius 1 is 0.397 bits per heavy atom. The van der Waals surface area contributed by atoms with Gasteiger partial charge in [-0.1, -0.05) is 109 Å². The smallest absolute Gasteiger partial charge is 0.310 e. The summed E-state index contributed by atoms with van der Waals surface area (Å²) in [6.07, 6.45) is 0. The largest absolute Gasteiger partial charge is 0.408 e. The third-order valence-corrected chi connectivity index (χ3v) is 16.1. The Kier molecular flexibility index (Phi) is 11.1. The van der Waals surface area contributed by atoms with E-state index in [2.05, 4.69) is 198 Å². The molecule has 10 rings (SSSR count). The van der Waals surface area contributed by atoms with Gasteiger partial charge in [0.05, 0.1) is 13.2 Å². The highest BCUT2D eigenvalue weighted by atomic mass is 31.1. The van der Waals surface area contributed by atoms with Crippen LogP contribution in [0.3, 0.4) is 0 Å². The van der Waals surface area contributed by atoms with Crippen molar-refractivity contribution in [2.75, 3.05) is 9.34 Å². The van der Waals surface area contributed by atoms with E-state index in [-0.39, 0.29) is 24.2 Å². The van der Waals surface area contributed by atoms with E-state index in [1.54, 1.807) is 0 Å². The summed E-state index contributed by atoms with van der Waals surface area (Å²) < 4.78 is 40.4. The molecule has 0 fully saturated rings. The van der Waals surface area contributed by atoms with Crippen LogP contribution >= 0.6 is 16.3 Å². The lowest BCUT2D eigenvalue weighted by Gasteiger charge is -2.26. The molecule has 2 heterocycles. The zero-order valence-electron chi connectivity index (χ0n) is 37.3. The normalized spacial score (nSPS) is 13.1. The number of nitrogens with zero attached hydrogens (tertiary/aromatic N) is 2. The third-order valence-electron chi connectivity index (χ3n) is 12.1. The van der Waals surface area contributed by atoms with Crippen molar-refractivity contribution in [1.82, 2.24) is 0 Å². The summed E-state index contributed by atoms with van der Waals surface area (Å²) in [7, 11) is -3.10. The third kappa shape index (κ3) is 7.40. The SMILES string of the molecule is CC(C)N(C(C)C)p1oc2ccc3ccccc3c2c2c(o1)c(COCc1cc3ccccc3c3c1op(N(C(C)C)C(C)C)oc1ccc4ccccc4c13)cc1ccccc12. The number of ether oxygens (including phenoxy) is 1. The summed E-state index contributed by atoms with van der Waals surface area (Å²) in [6, 6.07) is 48.1. The average Bonchev–Trinajstić information content (AvgIpc) is 3.55. The van der Waals surface area contributed by atoms with Crippen LogP contribution in [0.2, 0.25) is 0 Å². The molecule has 0 radical (unpaired) electrons. The lowest BCUT2D eigenvalue weighted by Crippen LogP contribution is -2.34. The Balaban J connectivity index is 1.22. The molecule has 0 aliphatic carbocycles. The maximum atomic E-state index is 7.29. The molecule has 10 aromatic rings. The van der Waals surface area contributed by atoms with Crippen molar-refractivity contribution in [2.24, 2.45) is 0 Å². The maximum absolute atomic E-state index is 7.29. The van der Waals surface area contributed by atoms with Gasteiger partial charge in [0.25, 0.3) is 0 Å². The van der Waals surface area contributed by atoms with Crippen LogP contribution in [0.4, 0.5) is 0 Å². The minimum absolute atomic E-state index is 0.184. The fourth-order valence-corrected chi connectivity index (χ4v) is 13.0. The van der Waals surface area contributed by atoms with Gasteiger partial charge in [-0.05, 0) is 123 Å². The second-order valence-electron chi connectivity index (χ2n) is 17.7. The van der Waals surface area contributed by atoms with E-state index in [1.165, 1.54) is 0 Å². The summed E-state index contributed by atoms with van der Waals surface area (Å²) >= 11 is 0. The van der Waals surface area contributed by atoms with E-state index in [0.717, 1.165) is 98.1 Å². The fraction of sp³-hybridized carbons (Fsp3) is 0.259. The molecule has 63 heavy (non-hydrogen) atoms. The van der Waals surface area contributed by atoms with Gasteiger partial charge in [-0.2, -0.15) is 9.34 Å². The average molecular weight is 873 g/mol. The first-order valence-corrected chi connectivity index (χ1v) is 24.4. The highest BCUT2D eigenvalue weighted by Crippen LogP contribution is 2.47. The molecule has 2 unspecified atom stereocenters. The van der Waals surface area contributed by atoms with E-state index in [0.29, 0.717) is 13.2 Å².